The van der Waals surface area contributed by atoms with Crippen LogP contribution in [-0.4, -0.2) is 10.5 Å². The van der Waals surface area contributed by atoms with Crippen LogP contribution in [0.15, 0.2) is 47.5 Å². The van der Waals surface area contributed by atoms with E-state index in [1.54, 1.807) is 34.9 Å². The minimum atomic E-state index is -0.386. The molecular formula is C18H10ClN3OS. The number of terminal acetylenes is 1. The van der Waals surface area contributed by atoms with Gasteiger partial charge in [0.2, 0.25) is 0 Å². The van der Waals surface area contributed by atoms with Gasteiger partial charge in [0.25, 0.3) is 5.91 Å². The average Bonchev–Trinajstić information content (AvgIpc) is 2.91. The molecule has 0 N–H and O–H groups in total. The molecule has 24 heavy (non-hydrogen) atoms. The van der Waals surface area contributed by atoms with Gasteiger partial charge in [-0.25, -0.2) is 0 Å². The highest BCUT2D eigenvalue weighted by molar-refractivity contribution is 7.16. The van der Waals surface area contributed by atoms with Crippen molar-refractivity contribution < 1.29 is 4.79 Å². The first kappa shape index (κ1) is 16.0. The normalized spacial score (nSPS) is 11.2. The number of halogens is 1. The van der Waals surface area contributed by atoms with Crippen LogP contribution in [0.5, 0.6) is 0 Å². The molecule has 0 aliphatic rings. The molecule has 4 nitrogen and oxygen atoms in total. The highest BCUT2D eigenvalue weighted by atomic mass is 35.5. The SMILES string of the molecule is C#CCn1c(=NC(=O)c2ccc(C#N)cc2)sc2cc(Cl)ccc21. The molecule has 1 amide bonds. The first-order chi connectivity index (χ1) is 11.6. The summed E-state index contributed by atoms with van der Waals surface area (Å²) < 4.78 is 2.71. The fraction of sp³-hybridized carbons (Fsp3) is 0.0556. The molecule has 3 aromatic rings. The largest absolute Gasteiger partial charge is 0.305 e. The summed E-state index contributed by atoms with van der Waals surface area (Å²) in [5, 5.41) is 9.42. The standard InChI is InChI=1S/C18H10ClN3OS/c1-2-9-22-15-8-7-14(19)10-16(15)24-18(22)21-17(23)13-5-3-12(11-20)4-6-13/h1,3-8,10H,9H2. The van der Waals surface area contributed by atoms with Crippen molar-refractivity contribution in [2.45, 2.75) is 6.54 Å². The van der Waals surface area contributed by atoms with Gasteiger partial charge in [-0.05, 0) is 42.5 Å². The Kier molecular flexibility index (Phi) is 4.48. The van der Waals surface area contributed by atoms with Gasteiger partial charge in [0.15, 0.2) is 4.80 Å². The molecular weight excluding hydrogens is 342 g/mol. The molecule has 0 fully saturated rings. The Hall–Kier alpha value is -2.86. The van der Waals surface area contributed by atoms with Crippen LogP contribution >= 0.6 is 22.9 Å². The number of nitriles is 1. The summed E-state index contributed by atoms with van der Waals surface area (Å²) in [6, 6.07) is 13.8. The highest BCUT2D eigenvalue weighted by Gasteiger charge is 2.09. The van der Waals surface area contributed by atoms with Gasteiger partial charge in [-0.15, -0.1) is 6.42 Å². The second kappa shape index (κ2) is 6.72. The summed E-state index contributed by atoms with van der Waals surface area (Å²) in [7, 11) is 0. The number of carbonyl (C=O) groups is 1. The van der Waals surface area contributed by atoms with E-state index >= 15 is 0 Å². The van der Waals surface area contributed by atoms with E-state index < -0.39 is 0 Å². The molecule has 0 unspecified atom stereocenters. The molecule has 116 valence electrons. The van der Waals surface area contributed by atoms with Crippen molar-refractivity contribution in [3.05, 3.63) is 63.4 Å². The van der Waals surface area contributed by atoms with Gasteiger partial charge in [0, 0.05) is 10.6 Å². The van der Waals surface area contributed by atoms with Gasteiger partial charge in [-0.2, -0.15) is 10.3 Å². The van der Waals surface area contributed by atoms with Gasteiger partial charge in [0.1, 0.15) is 0 Å². The molecule has 2 aromatic carbocycles. The smallest absolute Gasteiger partial charge is 0.279 e. The fourth-order valence-electron chi connectivity index (χ4n) is 2.22. The molecule has 1 aromatic heterocycles. The Morgan fingerprint density at radius 1 is 1.29 bits per heavy atom. The molecule has 0 aliphatic carbocycles. The van der Waals surface area contributed by atoms with Crippen molar-refractivity contribution in [2.24, 2.45) is 4.99 Å². The van der Waals surface area contributed by atoms with E-state index in [1.807, 2.05) is 18.2 Å². The topological polar surface area (TPSA) is 58.1 Å². The predicted octanol–water partition coefficient (Wildman–Crippen LogP) is 3.60. The second-order valence-corrected chi connectivity index (χ2v) is 6.34. The molecule has 0 spiro atoms. The van der Waals surface area contributed by atoms with E-state index in [4.69, 9.17) is 23.3 Å². The minimum absolute atomic E-state index is 0.307. The number of amides is 1. The third-order valence-electron chi connectivity index (χ3n) is 3.35. The summed E-state index contributed by atoms with van der Waals surface area (Å²) in [5.41, 5.74) is 1.79. The third-order valence-corrected chi connectivity index (χ3v) is 4.63. The van der Waals surface area contributed by atoms with Gasteiger partial charge in [-0.1, -0.05) is 28.9 Å². The molecule has 0 radical (unpaired) electrons. The van der Waals surface area contributed by atoms with E-state index in [0.29, 0.717) is 27.5 Å². The van der Waals surface area contributed by atoms with Crippen molar-refractivity contribution in [3.63, 3.8) is 0 Å². The zero-order chi connectivity index (χ0) is 17.1. The van der Waals surface area contributed by atoms with Gasteiger partial charge in [0.05, 0.1) is 28.4 Å². The van der Waals surface area contributed by atoms with Crippen LogP contribution in [0.4, 0.5) is 0 Å². The van der Waals surface area contributed by atoms with Crippen LogP contribution in [0.3, 0.4) is 0 Å². The van der Waals surface area contributed by atoms with Gasteiger partial charge < -0.3 is 4.57 Å². The lowest BCUT2D eigenvalue weighted by atomic mass is 10.1. The Morgan fingerprint density at radius 2 is 2.04 bits per heavy atom. The monoisotopic (exact) mass is 351 g/mol. The molecule has 6 heteroatoms. The molecule has 3 rings (SSSR count). The van der Waals surface area contributed by atoms with Crippen LogP contribution in [-0.2, 0) is 6.54 Å². The van der Waals surface area contributed by atoms with Crippen LogP contribution in [0.2, 0.25) is 5.02 Å². The predicted molar refractivity (Wildman–Crippen MR) is 94.7 cm³/mol. The van der Waals surface area contributed by atoms with Crippen molar-refractivity contribution in [1.82, 2.24) is 4.57 Å². The van der Waals surface area contributed by atoms with Crippen molar-refractivity contribution >= 4 is 39.1 Å². The fourth-order valence-corrected chi connectivity index (χ4v) is 3.52. The summed E-state index contributed by atoms with van der Waals surface area (Å²) in [6.07, 6.45) is 5.43. The van der Waals surface area contributed by atoms with Crippen molar-refractivity contribution in [3.8, 4) is 18.4 Å². The maximum absolute atomic E-state index is 12.4. The summed E-state index contributed by atoms with van der Waals surface area (Å²) in [5.74, 6) is 2.19. The summed E-state index contributed by atoms with van der Waals surface area (Å²) >= 11 is 7.37. The lowest BCUT2D eigenvalue weighted by Crippen LogP contribution is -2.16. The van der Waals surface area contributed by atoms with E-state index in [-0.39, 0.29) is 5.91 Å². The first-order valence-corrected chi connectivity index (χ1v) is 8.13. The first-order valence-electron chi connectivity index (χ1n) is 6.94. The highest BCUT2D eigenvalue weighted by Crippen LogP contribution is 2.21. The van der Waals surface area contributed by atoms with E-state index in [0.717, 1.165) is 10.2 Å². The second-order valence-electron chi connectivity index (χ2n) is 4.89. The number of hydrogen-bond donors (Lipinski definition) is 0. The zero-order valence-electron chi connectivity index (χ0n) is 12.4. The number of nitrogens with zero attached hydrogens (tertiary/aromatic N) is 3. The average molecular weight is 352 g/mol. The molecule has 1 heterocycles. The maximum Gasteiger partial charge on any atom is 0.279 e. The van der Waals surface area contributed by atoms with Crippen molar-refractivity contribution in [1.29, 1.82) is 5.26 Å². The van der Waals surface area contributed by atoms with Gasteiger partial charge >= 0.3 is 0 Å². The third kappa shape index (κ3) is 3.09. The van der Waals surface area contributed by atoms with E-state index in [9.17, 15) is 4.79 Å². The van der Waals surface area contributed by atoms with Crippen LogP contribution in [0.25, 0.3) is 10.2 Å². The number of thiazole rings is 1. The number of rotatable bonds is 2. The summed E-state index contributed by atoms with van der Waals surface area (Å²) in [6.45, 7) is 0.307. The molecule has 0 atom stereocenters. The maximum atomic E-state index is 12.4. The van der Waals surface area contributed by atoms with E-state index in [2.05, 4.69) is 10.9 Å². The Labute approximate surface area is 147 Å². The quantitative estimate of drug-likeness (QED) is 0.662. The molecule has 0 bridgehead atoms. The van der Waals surface area contributed by atoms with Crippen LogP contribution in [0.1, 0.15) is 15.9 Å². The Morgan fingerprint density at radius 3 is 2.71 bits per heavy atom. The lowest BCUT2D eigenvalue weighted by Gasteiger charge is -2.00. The van der Waals surface area contributed by atoms with Crippen LogP contribution < -0.4 is 4.80 Å². The number of benzene rings is 2. The Bertz CT molecular complexity index is 1080. The molecule has 0 saturated carbocycles. The number of fused-ring (bicyclic) bond motifs is 1. The minimum Gasteiger partial charge on any atom is -0.305 e. The van der Waals surface area contributed by atoms with Gasteiger partial charge in [-0.3, -0.25) is 4.79 Å². The van der Waals surface area contributed by atoms with Crippen LogP contribution in [0, 0.1) is 23.7 Å². The number of hydrogen-bond acceptors (Lipinski definition) is 3. The summed E-state index contributed by atoms with van der Waals surface area (Å²) in [4.78, 5) is 17.1. The van der Waals surface area contributed by atoms with E-state index in [1.165, 1.54) is 11.3 Å². The Balaban J connectivity index is 2.11. The lowest BCUT2D eigenvalue weighted by molar-refractivity contribution is 0.0998. The number of carbonyl (C=O) groups excluding carboxylic acids is 1. The van der Waals surface area contributed by atoms with Crippen molar-refractivity contribution in [2.75, 3.05) is 0 Å². The molecule has 0 saturated heterocycles. The number of aromatic nitrogens is 1. The molecule has 0 aliphatic heterocycles. The zero-order valence-corrected chi connectivity index (χ0v) is 13.9.